The van der Waals surface area contributed by atoms with Gasteiger partial charge in [0.1, 0.15) is 6.33 Å². The van der Waals surface area contributed by atoms with Crippen molar-refractivity contribution in [2.45, 2.75) is 31.3 Å². The Hall–Kier alpha value is -1.92. The molecule has 0 bridgehead atoms. The number of nitrogens with two attached hydrogens (primary N) is 1. The van der Waals surface area contributed by atoms with E-state index in [0.717, 1.165) is 37.4 Å². The molecule has 6 nitrogen and oxygen atoms in total. The van der Waals surface area contributed by atoms with Crippen LogP contribution in [0.1, 0.15) is 30.0 Å². The molecule has 23 heavy (non-hydrogen) atoms. The predicted octanol–water partition coefficient (Wildman–Crippen LogP) is 2.16. The van der Waals surface area contributed by atoms with Crippen LogP contribution in [-0.2, 0) is 6.42 Å². The van der Waals surface area contributed by atoms with Gasteiger partial charge >= 0.3 is 0 Å². The van der Waals surface area contributed by atoms with E-state index in [4.69, 9.17) is 17.3 Å². The van der Waals surface area contributed by atoms with Crippen LogP contribution in [0.4, 0.5) is 11.9 Å². The van der Waals surface area contributed by atoms with Crippen molar-refractivity contribution >= 4 is 23.5 Å². The normalized spacial score (nSPS) is 23.1. The second-order valence-electron chi connectivity index (χ2n) is 6.15. The molecule has 2 atom stereocenters. The summed E-state index contributed by atoms with van der Waals surface area (Å²) in [4.78, 5) is 15.2. The minimum atomic E-state index is 0.194. The van der Waals surface area contributed by atoms with E-state index in [2.05, 4.69) is 31.2 Å². The zero-order valence-corrected chi connectivity index (χ0v) is 13.5. The van der Waals surface area contributed by atoms with E-state index in [1.54, 1.807) is 6.33 Å². The highest BCUT2D eigenvalue weighted by molar-refractivity contribution is 6.31. The lowest BCUT2D eigenvalue weighted by atomic mass is 10.1. The molecule has 0 spiro atoms. The number of halogens is 1. The first-order chi connectivity index (χ1) is 11.2. The number of nitrogens with one attached hydrogen (secondary N) is 1. The van der Waals surface area contributed by atoms with E-state index in [1.165, 1.54) is 11.1 Å². The van der Waals surface area contributed by atoms with Gasteiger partial charge in [-0.3, -0.25) is 0 Å². The molecular weight excluding hydrogens is 312 g/mol. The summed E-state index contributed by atoms with van der Waals surface area (Å²) in [7, 11) is 0. The van der Waals surface area contributed by atoms with Crippen LogP contribution in [0.3, 0.4) is 0 Å². The number of aromatic nitrogens is 3. The maximum absolute atomic E-state index is 6.28. The molecule has 7 heteroatoms. The second kappa shape index (κ2) is 5.94. The van der Waals surface area contributed by atoms with E-state index >= 15 is 0 Å². The smallest absolute Gasteiger partial charge is 0.230 e. The van der Waals surface area contributed by atoms with Crippen LogP contribution < -0.4 is 16.0 Å². The van der Waals surface area contributed by atoms with Crippen LogP contribution >= 0.6 is 11.6 Å². The van der Waals surface area contributed by atoms with Crippen molar-refractivity contribution < 1.29 is 0 Å². The maximum atomic E-state index is 6.28. The third-order valence-electron chi connectivity index (χ3n) is 4.58. The van der Waals surface area contributed by atoms with Crippen LogP contribution in [0.2, 0.25) is 5.02 Å². The van der Waals surface area contributed by atoms with Crippen LogP contribution in [0.15, 0.2) is 24.5 Å². The molecule has 2 heterocycles. The van der Waals surface area contributed by atoms with E-state index in [0.29, 0.717) is 11.9 Å². The monoisotopic (exact) mass is 330 g/mol. The average molecular weight is 331 g/mol. The molecule has 1 aromatic carbocycles. The van der Waals surface area contributed by atoms with Gasteiger partial charge in [-0.1, -0.05) is 23.7 Å². The fourth-order valence-electron chi connectivity index (χ4n) is 3.39. The maximum Gasteiger partial charge on any atom is 0.230 e. The molecule has 0 amide bonds. The molecule has 4 rings (SSSR count). The minimum absolute atomic E-state index is 0.194. The van der Waals surface area contributed by atoms with Crippen molar-refractivity contribution in [3.8, 4) is 0 Å². The van der Waals surface area contributed by atoms with Crippen LogP contribution in [0.25, 0.3) is 0 Å². The summed E-state index contributed by atoms with van der Waals surface area (Å²) in [5.74, 6) is 1.30. The first-order valence-electron chi connectivity index (χ1n) is 7.94. The lowest BCUT2D eigenvalue weighted by Gasteiger charge is -2.18. The number of fused-ring (bicyclic) bond motifs is 1. The van der Waals surface area contributed by atoms with E-state index in [1.807, 2.05) is 12.1 Å². The fourth-order valence-corrected chi connectivity index (χ4v) is 3.67. The third kappa shape index (κ3) is 2.84. The Balaban J connectivity index is 1.53. The van der Waals surface area contributed by atoms with Gasteiger partial charge in [0.15, 0.2) is 0 Å². The fraction of sp³-hybridized carbons (Fsp3) is 0.438. The zero-order chi connectivity index (χ0) is 15.8. The third-order valence-corrected chi connectivity index (χ3v) is 4.94. The molecule has 120 valence electrons. The van der Waals surface area contributed by atoms with Crippen molar-refractivity contribution in [1.29, 1.82) is 0 Å². The summed E-state index contributed by atoms with van der Waals surface area (Å²) in [5.41, 5.74) is 8.43. The molecular formula is C16H19ClN6. The number of nitrogens with zero attached hydrogens (tertiary/aromatic N) is 4. The number of hydrogen-bond acceptors (Lipinski definition) is 6. The zero-order valence-electron chi connectivity index (χ0n) is 12.7. The van der Waals surface area contributed by atoms with Gasteiger partial charge in [0.2, 0.25) is 11.9 Å². The second-order valence-corrected chi connectivity index (χ2v) is 6.55. The summed E-state index contributed by atoms with van der Waals surface area (Å²) < 4.78 is 0. The molecule has 1 saturated heterocycles. The molecule has 1 aromatic heterocycles. The lowest BCUT2D eigenvalue weighted by Crippen LogP contribution is -2.27. The SMILES string of the molecule is NC1CCN(c2ncnc(NC3CCc4c(Cl)cccc43)n2)C1. The van der Waals surface area contributed by atoms with Gasteiger partial charge in [-0.2, -0.15) is 4.98 Å². The van der Waals surface area contributed by atoms with Gasteiger partial charge in [-0.15, -0.1) is 0 Å². The number of anilines is 2. The first kappa shape index (κ1) is 14.7. The summed E-state index contributed by atoms with van der Waals surface area (Å²) in [6.07, 6.45) is 4.51. The van der Waals surface area contributed by atoms with Gasteiger partial charge in [-0.25, -0.2) is 9.97 Å². The highest BCUT2D eigenvalue weighted by Crippen LogP contribution is 2.37. The molecule has 2 aromatic rings. The lowest BCUT2D eigenvalue weighted by molar-refractivity contribution is 0.742. The van der Waals surface area contributed by atoms with E-state index in [-0.39, 0.29) is 12.1 Å². The standard InChI is InChI=1S/C16H19ClN6/c17-13-3-1-2-12-11(13)4-5-14(12)21-15-19-9-20-16(22-15)23-7-6-10(18)8-23/h1-3,9-10,14H,4-8,18H2,(H,19,20,21,22). The Morgan fingerprint density at radius 3 is 3.00 bits per heavy atom. The highest BCUT2D eigenvalue weighted by Gasteiger charge is 2.26. The topological polar surface area (TPSA) is 80.0 Å². The van der Waals surface area contributed by atoms with Crippen molar-refractivity contribution in [3.05, 3.63) is 40.7 Å². The van der Waals surface area contributed by atoms with Gasteiger partial charge < -0.3 is 16.0 Å². The van der Waals surface area contributed by atoms with Crippen LogP contribution in [-0.4, -0.2) is 34.1 Å². The minimum Gasteiger partial charge on any atom is -0.347 e. The molecule has 2 unspecified atom stereocenters. The molecule has 1 aliphatic carbocycles. The molecule has 2 aliphatic rings. The number of hydrogen-bond donors (Lipinski definition) is 2. The Labute approximate surface area is 140 Å². The van der Waals surface area contributed by atoms with Crippen molar-refractivity contribution in [2.24, 2.45) is 5.73 Å². The largest absolute Gasteiger partial charge is 0.347 e. The molecule has 3 N–H and O–H groups in total. The quantitative estimate of drug-likeness (QED) is 0.897. The summed E-state index contributed by atoms with van der Waals surface area (Å²) >= 11 is 6.28. The van der Waals surface area contributed by atoms with Gasteiger partial charge in [0, 0.05) is 24.2 Å². The molecule has 1 aliphatic heterocycles. The molecule has 1 fully saturated rings. The van der Waals surface area contributed by atoms with Crippen molar-refractivity contribution in [3.63, 3.8) is 0 Å². The van der Waals surface area contributed by atoms with Gasteiger partial charge in [0.05, 0.1) is 6.04 Å². The van der Waals surface area contributed by atoms with Crippen LogP contribution in [0, 0.1) is 0 Å². The number of rotatable bonds is 3. The highest BCUT2D eigenvalue weighted by atomic mass is 35.5. The Bertz CT molecular complexity index is 721. The van der Waals surface area contributed by atoms with Gasteiger partial charge in [0.25, 0.3) is 0 Å². The summed E-state index contributed by atoms with van der Waals surface area (Å²) in [6, 6.07) is 6.45. The average Bonchev–Trinajstić information content (AvgIpc) is 3.16. The Morgan fingerprint density at radius 1 is 1.26 bits per heavy atom. The van der Waals surface area contributed by atoms with Crippen molar-refractivity contribution in [2.75, 3.05) is 23.3 Å². The first-order valence-corrected chi connectivity index (χ1v) is 8.32. The molecule has 0 radical (unpaired) electrons. The Morgan fingerprint density at radius 2 is 2.17 bits per heavy atom. The predicted molar refractivity (Wildman–Crippen MR) is 90.8 cm³/mol. The number of benzene rings is 1. The molecule has 0 saturated carbocycles. The summed E-state index contributed by atoms with van der Waals surface area (Å²) in [5, 5.41) is 4.26. The van der Waals surface area contributed by atoms with Crippen molar-refractivity contribution in [1.82, 2.24) is 15.0 Å². The van der Waals surface area contributed by atoms with Crippen LogP contribution in [0.5, 0.6) is 0 Å². The van der Waals surface area contributed by atoms with E-state index in [9.17, 15) is 0 Å². The Kier molecular flexibility index (Phi) is 3.79. The van der Waals surface area contributed by atoms with Gasteiger partial charge in [-0.05, 0) is 36.5 Å². The van der Waals surface area contributed by atoms with E-state index < -0.39 is 0 Å². The summed E-state index contributed by atoms with van der Waals surface area (Å²) in [6.45, 7) is 1.69.